The summed E-state index contributed by atoms with van der Waals surface area (Å²) >= 11 is 0. The van der Waals surface area contributed by atoms with Crippen LogP contribution in [-0.2, 0) is 0 Å². The molecule has 1 aromatic rings. The smallest absolute Gasteiger partial charge is 0.152 e. The Hall–Kier alpha value is -1.16. The van der Waals surface area contributed by atoms with E-state index in [1.165, 1.54) is 19.2 Å². The lowest BCUT2D eigenvalue weighted by Gasteiger charge is -2.10. The van der Waals surface area contributed by atoms with Gasteiger partial charge in [-0.25, -0.2) is 8.78 Å². The van der Waals surface area contributed by atoms with Gasteiger partial charge >= 0.3 is 0 Å². The number of aliphatic hydroxyl groups is 1. The van der Waals surface area contributed by atoms with Crippen LogP contribution in [0, 0.1) is 5.82 Å². The van der Waals surface area contributed by atoms with Crippen molar-refractivity contribution >= 4 is 0 Å². The van der Waals surface area contributed by atoms with E-state index in [-0.39, 0.29) is 11.3 Å². The van der Waals surface area contributed by atoms with E-state index in [1.54, 1.807) is 0 Å². The van der Waals surface area contributed by atoms with Crippen LogP contribution in [0.2, 0.25) is 0 Å². The summed E-state index contributed by atoms with van der Waals surface area (Å²) in [5.74, 6) is -0.310. The number of hydrogen-bond donors (Lipinski definition) is 1. The van der Waals surface area contributed by atoms with Gasteiger partial charge in [-0.05, 0) is 18.2 Å². The molecule has 1 N–H and O–H groups in total. The van der Waals surface area contributed by atoms with Gasteiger partial charge in [-0.3, -0.25) is 0 Å². The molecule has 0 aliphatic carbocycles. The molecule has 2 nitrogen and oxygen atoms in total. The van der Waals surface area contributed by atoms with Crippen molar-refractivity contribution in [2.24, 2.45) is 0 Å². The topological polar surface area (TPSA) is 29.5 Å². The van der Waals surface area contributed by atoms with E-state index < -0.39 is 18.6 Å². The number of alkyl halides is 1. The third kappa shape index (κ3) is 2.15. The third-order valence-electron chi connectivity index (χ3n) is 1.69. The lowest BCUT2D eigenvalue weighted by atomic mass is 10.1. The second kappa shape index (κ2) is 4.18. The second-order valence-electron chi connectivity index (χ2n) is 2.54. The second-order valence-corrected chi connectivity index (χ2v) is 2.54. The van der Waals surface area contributed by atoms with Crippen molar-refractivity contribution in [3.63, 3.8) is 0 Å². The highest BCUT2D eigenvalue weighted by Crippen LogP contribution is 2.27. The van der Waals surface area contributed by atoms with Gasteiger partial charge in [-0.1, -0.05) is 0 Å². The molecule has 1 aromatic carbocycles. The Balaban J connectivity index is 3.07. The van der Waals surface area contributed by atoms with Crippen LogP contribution in [0.5, 0.6) is 5.75 Å². The van der Waals surface area contributed by atoms with Gasteiger partial charge in [0.05, 0.1) is 13.7 Å². The number of hydrogen-bond acceptors (Lipinski definition) is 2. The number of aliphatic hydroxyl groups excluding tert-OH is 1. The van der Waals surface area contributed by atoms with Gasteiger partial charge in [0.2, 0.25) is 0 Å². The molecule has 1 rings (SSSR count). The standard InChI is InChI=1S/C9H10F2O2/c1-13-9-3-2-6(10)4-7(9)8(11)5-12/h2-4,8,12H,5H2,1H3. The number of halogens is 2. The normalized spacial score (nSPS) is 12.6. The molecule has 0 radical (unpaired) electrons. The quantitative estimate of drug-likeness (QED) is 0.784. The minimum atomic E-state index is -1.61. The van der Waals surface area contributed by atoms with Gasteiger partial charge in [0, 0.05) is 5.56 Å². The van der Waals surface area contributed by atoms with E-state index in [0.717, 1.165) is 6.07 Å². The van der Waals surface area contributed by atoms with E-state index >= 15 is 0 Å². The van der Waals surface area contributed by atoms with Crippen molar-refractivity contribution in [1.82, 2.24) is 0 Å². The van der Waals surface area contributed by atoms with Crippen LogP contribution in [0.3, 0.4) is 0 Å². The van der Waals surface area contributed by atoms with Gasteiger partial charge in [0.25, 0.3) is 0 Å². The summed E-state index contributed by atoms with van der Waals surface area (Å²) in [6, 6.07) is 3.51. The van der Waals surface area contributed by atoms with Crippen molar-refractivity contribution < 1.29 is 18.6 Å². The van der Waals surface area contributed by atoms with Gasteiger partial charge < -0.3 is 9.84 Å². The molecule has 0 amide bonds. The van der Waals surface area contributed by atoms with E-state index in [4.69, 9.17) is 9.84 Å². The summed E-state index contributed by atoms with van der Waals surface area (Å²) in [5, 5.41) is 8.55. The Morgan fingerprint density at radius 1 is 1.54 bits per heavy atom. The van der Waals surface area contributed by atoms with Gasteiger partial charge in [-0.15, -0.1) is 0 Å². The first-order valence-corrected chi connectivity index (χ1v) is 3.77. The van der Waals surface area contributed by atoms with E-state index in [9.17, 15) is 8.78 Å². The molecular weight excluding hydrogens is 178 g/mol. The molecule has 72 valence electrons. The molecule has 4 heteroatoms. The molecule has 0 spiro atoms. The van der Waals surface area contributed by atoms with Gasteiger partial charge in [0.1, 0.15) is 11.6 Å². The molecule has 0 fully saturated rings. The zero-order valence-corrected chi connectivity index (χ0v) is 7.13. The van der Waals surface area contributed by atoms with Crippen molar-refractivity contribution in [3.05, 3.63) is 29.6 Å². The number of rotatable bonds is 3. The highest BCUT2D eigenvalue weighted by molar-refractivity contribution is 5.35. The third-order valence-corrected chi connectivity index (χ3v) is 1.69. The molecular formula is C9H10F2O2. The minimum absolute atomic E-state index is 0.0324. The largest absolute Gasteiger partial charge is 0.496 e. The zero-order valence-electron chi connectivity index (χ0n) is 7.13. The maximum Gasteiger partial charge on any atom is 0.152 e. The molecule has 1 unspecified atom stereocenters. The molecule has 0 saturated carbocycles. The lowest BCUT2D eigenvalue weighted by Crippen LogP contribution is -2.01. The van der Waals surface area contributed by atoms with Crippen LogP contribution in [-0.4, -0.2) is 18.8 Å². The first-order chi connectivity index (χ1) is 6.19. The molecule has 0 aliphatic rings. The van der Waals surface area contributed by atoms with Gasteiger partial charge in [-0.2, -0.15) is 0 Å². The summed E-state index contributed by atoms with van der Waals surface area (Å²) in [7, 11) is 1.36. The highest BCUT2D eigenvalue weighted by Gasteiger charge is 2.14. The zero-order chi connectivity index (χ0) is 9.84. The molecule has 13 heavy (non-hydrogen) atoms. The highest BCUT2D eigenvalue weighted by atomic mass is 19.1. The Kier molecular flexibility index (Phi) is 3.19. The SMILES string of the molecule is COc1ccc(F)cc1C(F)CO. The van der Waals surface area contributed by atoms with Crippen molar-refractivity contribution in [1.29, 1.82) is 0 Å². The average molecular weight is 188 g/mol. The molecule has 1 atom stereocenters. The lowest BCUT2D eigenvalue weighted by molar-refractivity contribution is 0.176. The van der Waals surface area contributed by atoms with Crippen LogP contribution in [0.15, 0.2) is 18.2 Å². The Labute approximate surface area is 74.8 Å². The Bertz CT molecular complexity index is 289. The fourth-order valence-corrected chi connectivity index (χ4v) is 1.05. The van der Waals surface area contributed by atoms with Crippen molar-refractivity contribution in [2.45, 2.75) is 6.17 Å². The van der Waals surface area contributed by atoms with Crippen LogP contribution in [0.1, 0.15) is 11.7 Å². The van der Waals surface area contributed by atoms with E-state index in [0.29, 0.717) is 0 Å². The van der Waals surface area contributed by atoms with Crippen LogP contribution >= 0.6 is 0 Å². The molecule has 0 saturated heterocycles. The summed E-state index contributed by atoms with van der Waals surface area (Å²) in [6.07, 6.45) is -1.61. The number of benzene rings is 1. The minimum Gasteiger partial charge on any atom is -0.496 e. The molecule has 0 heterocycles. The van der Waals surface area contributed by atoms with E-state index in [1.807, 2.05) is 0 Å². The maximum absolute atomic E-state index is 13.0. The molecule has 0 aliphatic heterocycles. The van der Waals surface area contributed by atoms with Crippen LogP contribution in [0.25, 0.3) is 0 Å². The Morgan fingerprint density at radius 3 is 2.77 bits per heavy atom. The predicted octanol–water partition coefficient (Wildman–Crippen LogP) is 1.84. The average Bonchev–Trinajstić information content (AvgIpc) is 2.16. The maximum atomic E-state index is 13.0. The summed E-state index contributed by atoms with van der Waals surface area (Å²) in [4.78, 5) is 0. The first-order valence-electron chi connectivity index (χ1n) is 3.77. The van der Waals surface area contributed by atoms with Crippen LogP contribution in [0.4, 0.5) is 8.78 Å². The summed E-state index contributed by atoms with van der Waals surface area (Å²) in [6.45, 7) is -0.681. The van der Waals surface area contributed by atoms with Crippen molar-refractivity contribution in [2.75, 3.05) is 13.7 Å². The monoisotopic (exact) mass is 188 g/mol. The van der Waals surface area contributed by atoms with Gasteiger partial charge in [0.15, 0.2) is 6.17 Å². The summed E-state index contributed by atoms with van der Waals surface area (Å²) < 4.78 is 30.5. The number of methoxy groups -OCH3 is 1. The fraction of sp³-hybridized carbons (Fsp3) is 0.333. The predicted molar refractivity (Wildman–Crippen MR) is 43.9 cm³/mol. The summed E-state index contributed by atoms with van der Waals surface area (Å²) in [5.41, 5.74) is 0.0324. The first kappa shape index (κ1) is 9.92. The molecule has 0 bridgehead atoms. The fourth-order valence-electron chi connectivity index (χ4n) is 1.05. The Morgan fingerprint density at radius 2 is 2.23 bits per heavy atom. The van der Waals surface area contributed by atoms with Crippen molar-refractivity contribution in [3.8, 4) is 5.75 Å². The van der Waals surface area contributed by atoms with Crippen LogP contribution < -0.4 is 4.74 Å². The number of ether oxygens (including phenoxy) is 1. The van der Waals surface area contributed by atoms with E-state index in [2.05, 4.69) is 0 Å². The molecule has 0 aromatic heterocycles.